The van der Waals surface area contributed by atoms with Crippen LogP contribution in [0.4, 0.5) is 11.4 Å². The number of nitrogens with two attached hydrogens (primary N) is 3. The molecule has 0 unspecified atom stereocenters. The summed E-state index contributed by atoms with van der Waals surface area (Å²) < 4.78 is 79.1. The topological polar surface area (TPSA) is 383 Å². The highest BCUT2D eigenvalue weighted by molar-refractivity contribution is 7.89. The largest absolute Gasteiger partial charge is 0.478 e. The van der Waals surface area contributed by atoms with Crippen LogP contribution in [0, 0.1) is 0 Å². The summed E-state index contributed by atoms with van der Waals surface area (Å²) in [6.45, 7) is 10.5. The summed E-state index contributed by atoms with van der Waals surface area (Å²) in [5.41, 5.74) is 5.06. The average molecular weight is 1270 g/mol. The number of esters is 4. The van der Waals surface area contributed by atoms with Gasteiger partial charge >= 0.3 is 29.8 Å². The number of hydrogen-bond acceptors (Lipinski definition) is 21. The van der Waals surface area contributed by atoms with E-state index in [-0.39, 0.29) is 107 Å². The van der Waals surface area contributed by atoms with Crippen LogP contribution in [0.2, 0.25) is 0 Å². The summed E-state index contributed by atoms with van der Waals surface area (Å²) >= 11 is 14.8. The van der Waals surface area contributed by atoms with Gasteiger partial charge in [0.1, 0.15) is 33.7 Å². The van der Waals surface area contributed by atoms with Gasteiger partial charge in [0.15, 0.2) is 17.3 Å². The molecule has 0 spiro atoms. The first-order chi connectivity index (χ1) is 39.3. The van der Waals surface area contributed by atoms with Crippen LogP contribution in [0.5, 0.6) is 23.0 Å². The summed E-state index contributed by atoms with van der Waals surface area (Å²) in [7, 11) is -8.50. The molecule has 4 aromatic rings. The van der Waals surface area contributed by atoms with E-state index in [1.54, 1.807) is 81.4 Å². The molecular formula is C54H72Cl3N5O19S2. The Kier molecular flexibility index (Phi) is 39.3. The molecule has 0 aliphatic heterocycles. The number of unbranched alkanes of at least 4 members (excludes halogenated alkanes) is 2. The number of primary sulfonamides is 2. The number of halogens is 3. The van der Waals surface area contributed by atoms with Gasteiger partial charge in [0, 0.05) is 25.9 Å². The van der Waals surface area contributed by atoms with Gasteiger partial charge in [-0.25, -0.2) is 36.7 Å². The highest BCUT2D eigenvalue weighted by Gasteiger charge is 2.26. The summed E-state index contributed by atoms with van der Waals surface area (Å²) in [6.07, 6.45) is 3.44. The number of rotatable bonds is 30. The van der Waals surface area contributed by atoms with E-state index in [1.165, 1.54) is 12.1 Å². The molecule has 0 amide bonds. The van der Waals surface area contributed by atoms with E-state index >= 15 is 0 Å². The van der Waals surface area contributed by atoms with Gasteiger partial charge in [0.2, 0.25) is 25.3 Å². The fraction of sp³-hybridized carbons (Fsp3) is 0.407. The van der Waals surface area contributed by atoms with Crippen LogP contribution < -0.4 is 36.1 Å². The monoisotopic (exact) mass is 1260 g/mol. The van der Waals surface area contributed by atoms with Crippen molar-refractivity contribution in [2.45, 2.75) is 95.8 Å². The number of Topliss-reactive ketones (excluding diaryl/α,β-unsaturated/α-hetero) is 2. The highest BCUT2D eigenvalue weighted by atomic mass is 35.5. The molecule has 0 radical (unpaired) electrons. The Bertz CT molecular complexity index is 2920. The lowest BCUT2D eigenvalue weighted by Gasteiger charge is -2.17. The molecule has 0 aliphatic carbocycles. The number of alkyl halides is 2. The zero-order chi connectivity index (χ0) is 63.0. The van der Waals surface area contributed by atoms with Crippen molar-refractivity contribution in [3.63, 3.8) is 0 Å². The lowest BCUT2D eigenvalue weighted by molar-refractivity contribution is -0.144. The number of carbonyl (C=O) groups is 8. The number of hydrogen-bond donors (Lipinski definition) is 6. The molecule has 0 aliphatic rings. The highest BCUT2D eigenvalue weighted by Crippen LogP contribution is 2.39. The van der Waals surface area contributed by atoms with E-state index in [1.807, 2.05) is 13.8 Å². The number of nitrogens with one attached hydrogen (secondary N) is 2. The number of carboxylic acids is 1. The van der Waals surface area contributed by atoms with Crippen molar-refractivity contribution in [3.8, 4) is 23.0 Å². The minimum absolute atomic E-state index is 0.0187. The van der Waals surface area contributed by atoms with Crippen LogP contribution in [-0.4, -0.2) is 126 Å². The molecule has 9 N–H and O–H groups in total. The second kappa shape index (κ2) is 42.8. The zero-order valence-electron chi connectivity index (χ0n) is 46.6. The minimum atomic E-state index is -4.31. The van der Waals surface area contributed by atoms with E-state index in [4.69, 9.17) is 69.8 Å². The van der Waals surface area contributed by atoms with Gasteiger partial charge in [-0.2, -0.15) is 0 Å². The van der Waals surface area contributed by atoms with Crippen LogP contribution in [0.3, 0.4) is 0 Å². The maximum absolute atomic E-state index is 12.7. The van der Waals surface area contributed by atoms with E-state index < -0.39 is 60.5 Å². The number of ketones is 2. The van der Waals surface area contributed by atoms with Crippen LogP contribution >= 0.6 is 34.8 Å². The Morgan fingerprint density at radius 1 is 0.542 bits per heavy atom. The summed E-state index contributed by atoms with van der Waals surface area (Å²) in [4.78, 5) is 87.3. The second-order valence-electron chi connectivity index (χ2n) is 16.4. The van der Waals surface area contributed by atoms with Gasteiger partial charge in [-0.15, -0.1) is 23.2 Å². The Morgan fingerprint density at radius 3 is 1.27 bits per heavy atom. The lowest BCUT2D eigenvalue weighted by atomic mass is 10.1. The smallest absolute Gasteiger partial charge is 0.338 e. The zero-order valence-corrected chi connectivity index (χ0v) is 50.5. The van der Waals surface area contributed by atoms with Crippen molar-refractivity contribution in [3.05, 3.63) is 96.1 Å². The molecule has 83 heavy (non-hydrogen) atoms. The Hall–Kier alpha value is -6.91. The van der Waals surface area contributed by atoms with Gasteiger partial charge in [0.25, 0.3) is 0 Å². The fourth-order valence-electron chi connectivity index (χ4n) is 5.89. The van der Waals surface area contributed by atoms with E-state index in [9.17, 15) is 60.3 Å². The summed E-state index contributed by atoms with van der Waals surface area (Å²) in [5.74, 6) is -3.42. The first kappa shape index (κ1) is 76.1. The predicted octanol–water partition coefficient (Wildman–Crippen LogP) is 8.08. The molecule has 29 heteroatoms. The second-order valence-corrected chi connectivity index (χ2v) is 20.4. The molecular weight excluding hydrogens is 1190 g/mol. The van der Waals surface area contributed by atoms with Crippen LogP contribution in [0.1, 0.15) is 107 Å². The maximum Gasteiger partial charge on any atom is 0.338 e. The van der Waals surface area contributed by atoms with Crippen LogP contribution in [0.15, 0.2) is 94.7 Å². The molecule has 0 fully saturated rings. The Morgan fingerprint density at radius 2 is 0.928 bits per heavy atom. The van der Waals surface area contributed by atoms with E-state index in [0.29, 0.717) is 37.8 Å². The van der Waals surface area contributed by atoms with Crippen molar-refractivity contribution in [2.24, 2.45) is 16.0 Å². The Labute approximate surface area is 498 Å². The van der Waals surface area contributed by atoms with Crippen LogP contribution in [0.25, 0.3) is 0 Å². The third-order valence-corrected chi connectivity index (χ3v) is 12.4. The number of ether oxygens (including phenoxy) is 6. The first-order valence-corrected chi connectivity index (χ1v) is 30.1. The molecule has 4 rings (SSSR count). The minimum Gasteiger partial charge on any atom is -0.478 e. The fourth-order valence-corrected chi connectivity index (χ4v) is 7.43. The Balaban J connectivity index is 0.00000120. The third kappa shape index (κ3) is 33.7. The van der Waals surface area contributed by atoms with Crippen LogP contribution in [-0.2, 0) is 67.8 Å². The van der Waals surface area contributed by atoms with Gasteiger partial charge in [-0.05, 0) is 93.7 Å². The number of anilines is 2. The van der Waals surface area contributed by atoms with E-state index in [0.717, 1.165) is 37.8 Å². The normalized spacial score (nSPS) is 10.3. The molecule has 0 atom stereocenters. The molecule has 0 heterocycles. The standard InChI is InChI=1S/C24H30N2O8S.C17H20N2O5S.C7H11ClO3.C4H9NO2.C2H2Cl2O/c1-3-5-13-26-20-14-17(24(29)33-16-18(27)11-12-22(28)32-4-2)15-21(35(25,30)31)23(20)34-19-9-7-6-8-10-19;1-2-3-9-19-14-10-12(17(20)21)11-15(25(18,22)23)16(14)24-13-7-5-4-6-8-13;1-2-11-7(10)4-3-6(9)5-8;1-2-7-4(6)3-5;3-1-2(4)5/h6-10,14-15,26H,3-5,11-13,16H2,1-2H3,(H2,25,30,31);4-8,10-11,19H,2-3,9H2,1H3,(H,20,21)(H2,18,22,23);2-5H2,1H3;2-3,5H2,1H3;1H2. The number of benzene rings is 4. The first-order valence-electron chi connectivity index (χ1n) is 25.5. The average Bonchev–Trinajstić information content (AvgIpc) is 3.59. The third-order valence-electron chi connectivity index (χ3n) is 9.74. The van der Waals surface area contributed by atoms with Crippen molar-refractivity contribution in [1.82, 2.24) is 0 Å². The molecule has 0 aromatic heterocycles. The van der Waals surface area contributed by atoms with Crippen molar-refractivity contribution in [2.75, 3.05) is 68.5 Å². The molecule has 24 nitrogen and oxygen atoms in total. The summed E-state index contributed by atoms with van der Waals surface area (Å²) in [6, 6.07) is 21.9. The summed E-state index contributed by atoms with van der Waals surface area (Å²) in [5, 5.41) is 25.6. The number of sulfonamides is 2. The van der Waals surface area contributed by atoms with Gasteiger partial charge in [-0.3, -0.25) is 28.8 Å². The van der Waals surface area contributed by atoms with E-state index in [2.05, 4.69) is 20.1 Å². The molecule has 0 saturated heterocycles. The molecule has 0 saturated carbocycles. The van der Waals surface area contributed by atoms with Gasteiger partial charge in [0.05, 0.1) is 73.5 Å². The SMILES string of the molecule is CCCCNc1cc(C(=O)O)cc(S(N)(=O)=O)c1Oc1ccccc1.CCCCNc1cc(C(=O)OCC(=O)CCC(=O)OCC)cc(S(N)(=O)=O)c1Oc1ccccc1.CCOC(=O)CCC(=O)CCl.CCOC(=O)CN.O=C(Cl)CCl. The molecule has 0 bridgehead atoms. The molecule has 4 aromatic carbocycles. The number of para-hydroxylation sites is 2. The molecule has 460 valence electrons. The van der Waals surface area contributed by atoms with Crippen molar-refractivity contribution >= 4 is 113 Å². The van der Waals surface area contributed by atoms with Gasteiger partial charge in [-0.1, -0.05) is 63.1 Å². The number of carboxylic acid groups (broad SMARTS) is 1. The lowest BCUT2D eigenvalue weighted by Crippen LogP contribution is -2.18. The van der Waals surface area contributed by atoms with Gasteiger partial charge < -0.3 is 49.9 Å². The maximum atomic E-state index is 12.7. The van der Waals surface area contributed by atoms with Crippen molar-refractivity contribution in [1.29, 1.82) is 0 Å². The predicted molar refractivity (Wildman–Crippen MR) is 312 cm³/mol. The van der Waals surface area contributed by atoms with Crippen molar-refractivity contribution < 1.29 is 88.7 Å². The quantitative estimate of drug-likeness (QED) is 0.00944. The number of carbonyl (C=O) groups excluding carboxylic acids is 7. The number of aromatic carboxylic acids is 1.